The first kappa shape index (κ1) is 20.5. The smallest absolute Gasteiger partial charge is 0.410 e. The van der Waals surface area contributed by atoms with Gasteiger partial charge in [-0.1, -0.05) is 12.1 Å². The number of amides is 1. The van der Waals surface area contributed by atoms with Gasteiger partial charge in [-0.15, -0.1) is 5.10 Å². The zero-order valence-corrected chi connectivity index (χ0v) is 16.7. The quantitative estimate of drug-likeness (QED) is 0.753. The molecule has 146 valence electrons. The van der Waals surface area contributed by atoms with Crippen molar-refractivity contribution in [3.63, 3.8) is 0 Å². The number of aromatic carboxylic acids is 1. The molecule has 0 radical (unpaired) electrons. The van der Waals surface area contributed by atoms with Gasteiger partial charge >= 0.3 is 12.1 Å². The Balaban J connectivity index is 2.06. The lowest BCUT2D eigenvalue weighted by Gasteiger charge is -2.33. The predicted molar refractivity (Wildman–Crippen MR) is 99.8 cm³/mol. The molecule has 1 aromatic heterocycles. The van der Waals surface area contributed by atoms with Gasteiger partial charge in [0.2, 0.25) is 0 Å². The first-order chi connectivity index (χ1) is 12.2. The lowest BCUT2D eigenvalue weighted by molar-refractivity contribution is 0.0202. The van der Waals surface area contributed by atoms with Gasteiger partial charge in [0.05, 0.1) is 12.2 Å². The Bertz CT molecular complexity index is 633. The van der Waals surface area contributed by atoms with Crippen molar-refractivity contribution in [3.05, 3.63) is 11.4 Å². The number of rotatable bonds is 6. The van der Waals surface area contributed by atoms with Crippen LogP contribution < -0.4 is 0 Å². The number of carbonyl (C=O) groups excluding carboxylic acids is 1. The topological polar surface area (TPSA) is 97.5 Å². The lowest BCUT2D eigenvalue weighted by atomic mass is 9.92. The van der Waals surface area contributed by atoms with E-state index in [0.717, 1.165) is 11.5 Å². The van der Waals surface area contributed by atoms with E-state index in [9.17, 15) is 14.7 Å². The summed E-state index contributed by atoms with van der Waals surface area (Å²) in [6.07, 6.45) is 1.03. The summed E-state index contributed by atoms with van der Waals surface area (Å²) < 4.78 is 7.14. The molecule has 2 rings (SSSR count). The molecule has 1 aliphatic heterocycles. The Morgan fingerprint density at radius 1 is 1.31 bits per heavy atom. The summed E-state index contributed by atoms with van der Waals surface area (Å²) in [5.74, 6) is 0.845. The van der Waals surface area contributed by atoms with Crippen LogP contribution in [0.4, 0.5) is 4.79 Å². The molecule has 1 fully saturated rings. The third-order valence-corrected chi connectivity index (χ3v) is 5.04. The third kappa shape index (κ3) is 5.36. The Labute approximate surface area is 158 Å². The van der Waals surface area contributed by atoms with Gasteiger partial charge in [0.15, 0.2) is 5.69 Å². The molecule has 26 heavy (non-hydrogen) atoms. The molecule has 9 heteroatoms. The Morgan fingerprint density at radius 3 is 2.50 bits per heavy atom. The van der Waals surface area contributed by atoms with Crippen molar-refractivity contribution in [2.75, 3.05) is 24.6 Å². The molecule has 0 aliphatic carbocycles. The molecule has 0 aromatic carbocycles. The number of carboxylic acid groups (broad SMARTS) is 1. The molecule has 0 spiro atoms. The van der Waals surface area contributed by atoms with E-state index in [1.165, 1.54) is 0 Å². The van der Waals surface area contributed by atoms with Gasteiger partial charge in [0.25, 0.3) is 0 Å². The van der Waals surface area contributed by atoms with Crippen molar-refractivity contribution in [2.24, 2.45) is 0 Å². The lowest BCUT2D eigenvalue weighted by Crippen LogP contribution is -2.41. The van der Waals surface area contributed by atoms with Gasteiger partial charge in [-0.2, -0.15) is 11.8 Å². The minimum Gasteiger partial charge on any atom is -0.476 e. The first-order valence-electron chi connectivity index (χ1n) is 8.95. The number of likely N-dealkylation sites (tertiary alicyclic amines) is 1. The number of hydrogen-bond donors (Lipinski definition) is 1. The van der Waals surface area contributed by atoms with Gasteiger partial charge < -0.3 is 14.7 Å². The number of carbonyl (C=O) groups is 2. The minimum atomic E-state index is -1.05. The van der Waals surface area contributed by atoms with Gasteiger partial charge in [0, 0.05) is 24.8 Å². The molecule has 8 nitrogen and oxygen atoms in total. The zero-order chi connectivity index (χ0) is 19.3. The van der Waals surface area contributed by atoms with E-state index < -0.39 is 11.6 Å². The molecule has 1 N–H and O–H groups in total. The molecular weight excluding hydrogens is 356 g/mol. The highest BCUT2D eigenvalue weighted by molar-refractivity contribution is 7.99. The second-order valence-corrected chi connectivity index (χ2v) is 8.68. The average Bonchev–Trinajstić information content (AvgIpc) is 2.98. The van der Waals surface area contributed by atoms with Crippen molar-refractivity contribution < 1.29 is 19.4 Å². The predicted octanol–water partition coefficient (Wildman–Crippen LogP) is 2.84. The summed E-state index contributed by atoms with van der Waals surface area (Å²) in [5, 5.41) is 17.4. The van der Waals surface area contributed by atoms with E-state index in [1.54, 1.807) is 21.3 Å². The van der Waals surface area contributed by atoms with Crippen molar-refractivity contribution >= 4 is 23.8 Å². The van der Waals surface area contributed by atoms with Gasteiger partial charge in [0.1, 0.15) is 5.60 Å². The summed E-state index contributed by atoms with van der Waals surface area (Å²) >= 11 is 1.78. The van der Waals surface area contributed by atoms with E-state index in [1.807, 2.05) is 20.8 Å². The van der Waals surface area contributed by atoms with Gasteiger partial charge in [-0.25, -0.2) is 14.3 Å². The summed E-state index contributed by atoms with van der Waals surface area (Å²) in [7, 11) is 0. The summed E-state index contributed by atoms with van der Waals surface area (Å²) in [6.45, 7) is 9.32. The number of thioether (sulfide) groups is 1. The normalized spacial score (nSPS) is 15.9. The molecular formula is C17H28N4O4S. The summed E-state index contributed by atoms with van der Waals surface area (Å²) in [6, 6.07) is 0. The second-order valence-electron chi connectivity index (χ2n) is 7.29. The van der Waals surface area contributed by atoms with Crippen molar-refractivity contribution in [1.82, 2.24) is 19.9 Å². The van der Waals surface area contributed by atoms with E-state index in [4.69, 9.17) is 4.74 Å². The molecule has 1 aromatic rings. The molecule has 0 unspecified atom stereocenters. The molecule has 0 atom stereocenters. The number of nitrogens with zero attached hydrogens (tertiary/aromatic N) is 4. The van der Waals surface area contributed by atoms with Crippen LogP contribution in [0.1, 0.15) is 62.6 Å². The second kappa shape index (κ2) is 8.75. The van der Waals surface area contributed by atoms with Crippen LogP contribution in [0, 0.1) is 0 Å². The molecule has 1 saturated heterocycles. The highest BCUT2D eigenvalue weighted by atomic mass is 32.2. The first-order valence-corrected chi connectivity index (χ1v) is 10.1. The van der Waals surface area contributed by atoms with Crippen LogP contribution in [0.15, 0.2) is 0 Å². The highest BCUT2D eigenvalue weighted by Gasteiger charge is 2.32. The van der Waals surface area contributed by atoms with Crippen molar-refractivity contribution in [1.29, 1.82) is 0 Å². The largest absolute Gasteiger partial charge is 0.476 e. The third-order valence-electron chi connectivity index (χ3n) is 4.16. The fraction of sp³-hybridized carbons (Fsp3) is 0.765. The number of piperidine rings is 1. The summed E-state index contributed by atoms with van der Waals surface area (Å²) in [5.41, 5.74) is 0.185. The van der Waals surface area contributed by atoms with Crippen LogP contribution >= 0.6 is 11.8 Å². The standard InChI is InChI=1S/C17H28N4O4S/c1-5-26-11-10-21-14(13(15(22)23)18-19-21)12-6-8-20(9-7-12)16(24)25-17(2,3)4/h12H,5-11H2,1-4H3,(H,22,23). The van der Waals surface area contributed by atoms with Crippen LogP contribution in [0.3, 0.4) is 0 Å². The Morgan fingerprint density at radius 2 is 1.96 bits per heavy atom. The maximum atomic E-state index is 12.2. The highest BCUT2D eigenvalue weighted by Crippen LogP contribution is 2.30. The van der Waals surface area contributed by atoms with Gasteiger partial charge in [-0.3, -0.25) is 0 Å². The number of hydrogen-bond acceptors (Lipinski definition) is 6. The number of carboxylic acids is 1. The monoisotopic (exact) mass is 384 g/mol. The fourth-order valence-electron chi connectivity index (χ4n) is 3.00. The number of aromatic nitrogens is 3. The van der Waals surface area contributed by atoms with E-state index >= 15 is 0 Å². The number of aryl methyl sites for hydroxylation is 1. The van der Waals surface area contributed by atoms with E-state index in [2.05, 4.69) is 17.2 Å². The molecule has 0 bridgehead atoms. The Hall–Kier alpha value is -1.77. The van der Waals surface area contributed by atoms with Gasteiger partial charge in [-0.05, 0) is 39.4 Å². The fourth-order valence-corrected chi connectivity index (χ4v) is 3.59. The Kier molecular flexibility index (Phi) is 6.91. The van der Waals surface area contributed by atoms with Crippen molar-refractivity contribution in [2.45, 2.75) is 58.6 Å². The summed E-state index contributed by atoms with van der Waals surface area (Å²) in [4.78, 5) is 25.4. The SMILES string of the molecule is CCSCCn1nnc(C(=O)O)c1C1CCN(C(=O)OC(C)(C)C)CC1. The molecule has 1 amide bonds. The van der Waals surface area contributed by atoms with Crippen LogP contribution in [0.25, 0.3) is 0 Å². The maximum Gasteiger partial charge on any atom is 0.410 e. The van der Waals surface area contributed by atoms with Crippen LogP contribution in [0.5, 0.6) is 0 Å². The van der Waals surface area contributed by atoms with Crippen LogP contribution in [-0.2, 0) is 11.3 Å². The molecule has 2 heterocycles. The van der Waals surface area contributed by atoms with Crippen LogP contribution in [-0.4, -0.2) is 67.3 Å². The molecule has 0 saturated carbocycles. The average molecular weight is 385 g/mol. The minimum absolute atomic E-state index is 0.0291. The molecule has 1 aliphatic rings. The number of ether oxygens (including phenoxy) is 1. The van der Waals surface area contributed by atoms with E-state index in [-0.39, 0.29) is 17.7 Å². The maximum absolute atomic E-state index is 12.2. The van der Waals surface area contributed by atoms with E-state index in [0.29, 0.717) is 38.2 Å². The van der Waals surface area contributed by atoms with Crippen LogP contribution in [0.2, 0.25) is 0 Å². The zero-order valence-electron chi connectivity index (χ0n) is 15.9. The van der Waals surface area contributed by atoms with Crippen molar-refractivity contribution in [3.8, 4) is 0 Å².